The lowest BCUT2D eigenvalue weighted by molar-refractivity contribution is -0.126. The van der Waals surface area contributed by atoms with Crippen LogP contribution in [-0.2, 0) is 4.79 Å². The molecular formula is C10H17BrN2O2. The molecular weight excluding hydrogens is 260 g/mol. The maximum Gasteiger partial charge on any atom is 0.324 e. The molecule has 0 bridgehead atoms. The number of carbonyl (C=O) groups excluding carboxylic acids is 2. The number of nitrogens with zero attached hydrogens (tertiary/aromatic N) is 1. The summed E-state index contributed by atoms with van der Waals surface area (Å²) in [5.74, 6) is -0.118. The molecule has 86 valence electrons. The van der Waals surface area contributed by atoms with E-state index in [1.165, 1.54) is 4.90 Å². The highest BCUT2D eigenvalue weighted by Crippen LogP contribution is 2.30. The zero-order chi connectivity index (χ0) is 11.5. The summed E-state index contributed by atoms with van der Waals surface area (Å²) in [5, 5.41) is 3.35. The topological polar surface area (TPSA) is 49.4 Å². The van der Waals surface area contributed by atoms with E-state index in [4.69, 9.17) is 0 Å². The highest BCUT2D eigenvalue weighted by atomic mass is 79.9. The van der Waals surface area contributed by atoms with Crippen LogP contribution in [0.5, 0.6) is 0 Å². The molecule has 0 aromatic heterocycles. The molecule has 1 N–H and O–H groups in total. The molecule has 0 aromatic carbocycles. The number of rotatable bonds is 5. The van der Waals surface area contributed by atoms with E-state index < -0.39 is 0 Å². The lowest BCUT2D eigenvalue weighted by Gasteiger charge is -2.32. The summed E-state index contributed by atoms with van der Waals surface area (Å²) >= 11 is 3.47. The van der Waals surface area contributed by atoms with Crippen molar-refractivity contribution in [1.82, 2.24) is 10.2 Å². The van der Waals surface area contributed by atoms with Crippen molar-refractivity contribution in [3.8, 4) is 0 Å². The molecule has 5 heteroatoms. The minimum absolute atomic E-state index is 0.0112. The van der Waals surface area contributed by atoms with E-state index in [1.807, 2.05) is 0 Å². The number of nitrogens with one attached hydrogen (secondary N) is 1. The van der Waals surface area contributed by atoms with Crippen LogP contribution < -0.4 is 5.32 Å². The Hall–Kier alpha value is -0.580. The molecule has 0 unspecified atom stereocenters. The predicted molar refractivity (Wildman–Crippen MR) is 61.9 cm³/mol. The average Bonchev–Trinajstić information content (AvgIpc) is 2.57. The van der Waals surface area contributed by atoms with E-state index in [-0.39, 0.29) is 23.9 Å². The minimum atomic E-state index is -0.257. The lowest BCUT2D eigenvalue weighted by atomic mass is 9.84. The summed E-state index contributed by atoms with van der Waals surface area (Å²) < 4.78 is 0. The Morgan fingerprint density at radius 1 is 1.40 bits per heavy atom. The van der Waals surface area contributed by atoms with Crippen molar-refractivity contribution in [2.45, 2.75) is 26.7 Å². The zero-order valence-electron chi connectivity index (χ0n) is 9.18. The molecule has 4 nitrogen and oxygen atoms in total. The van der Waals surface area contributed by atoms with Gasteiger partial charge in [-0.25, -0.2) is 4.79 Å². The van der Waals surface area contributed by atoms with Crippen LogP contribution >= 0.6 is 15.9 Å². The predicted octanol–water partition coefficient (Wildman–Crippen LogP) is 1.74. The number of alkyl halides is 1. The van der Waals surface area contributed by atoms with E-state index in [1.54, 1.807) is 0 Å². The number of amides is 3. The van der Waals surface area contributed by atoms with Crippen molar-refractivity contribution in [3.63, 3.8) is 0 Å². The first-order valence-corrected chi connectivity index (χ1v) is 6.35. The van der Waals surface area contributed by atoms with Gasteiger partial charge >= 0.3 is 6.03 Å². The van der Waals surface area contributed by atoms with E-state index in [9.17, 15) is 9.59 Å². The number of halogens is 1. The van der Waals surface area contributed by atoms with Crippen LogP contribution in [0, 0.1) is 5.41 Å². The summed E-state index contributed by atoms with van der Waals surface area (Å²) in [7, 11) is 0. The monoisotopic (exact) mass is 276 g/mol. The van der Waals surface area contributed by atoms with Crippen LogP contribution in [0.3, 0.4) is 0 Å². The third-order valence-electron chi connectivity index (χ3n) is 3.21. The largest absolute Gasteiger partial charge is 0.329 e. The standard InChI is InChI=1S/C10H17BrN2O2/c1-3-10(4-2,6-11)7-13-8(14)5-12-9(13)15/h3-7H2,1-2H3,(H,12,15). The number of carbonyl (C=O) groups is 2. The first-order chi connectivity index (χ1) is 7.08. The van der Waals surface area contributed by atoms with Gasteiger partial charge in [0.15, 0.2) is 0 Å². The summed E-state index contributed by atoms with van der Waals surface area (Å²) in [6, 6.07) is -0.257. The fourth-order valence-corrected chi connectivity index (χ4v) is 2.63. The van der Waals surface area contributed by atoms with E-state index >= 15 is 0 Å². The third kappa shape index (κ3) is 2.51. The number of imide groups is 1. The molecule has 0 saturated carbocycles. The van der Waals surface area contributed by atoms with Gasteiger partial charge in [0.2, 0.25) is 5.91 Å². The summed E-state index contributed by atoms with van der Waals surface area (Å²) in [4.78, 5) is 24.2. The van der Waals surface area contributed by atoms with E-state index in [0.717, 1.165) is 18.2 Å². The second-order valence-electron chi connectivity index (χ2n) is 3.98. The van der Waals surface area contributed by atoms with Gasteiger partial charge in [0.25, 0.3) is 0 Å². The molecule has 0 aromatic rings. The fourth-order valence-electron chi connectivity index (χ4n) is 1.66. The molecule has 0 spiro atoms. The molecule has 0 atom stereocenters. The Morgan fingerprint density at radius 2 is 2.00 bits per heavy atom. The van der Waals surface area contributed by atoms with Gasteiger partial charge in [-0.15, -0.1) is 0 Å². The van der Waals surface area contributed by atoms with E-state index in [0.29, 0.717) is 6.54 Å². The smallest absolute Gasteiger partial charge is 0.324 e. The molecule has 0 radical (unpaired) electrons. The molecule has 1 heterocycles. The van der Waals surface area contributed by atoms with Gasteiger partial charge in [-0.2, -0.15) is 0 Å². The Kier molecular flexibility index (Phi) is 4.13. The molecule has 1 aliphatic heterocycles. The Labute approximate surface area is 98.5 Å². The number of urea groups is 1. The first kappa shape index (κ1) is 12.5. The van der Waals surface area contributed by atoms with Crippen molar-refractivity contribution in [2.24, 2.45) is 5.41 Å². The van der Waals surface area contributed by atoms with Crippen molar-refractivity contribution >= 4 is 27.9 Å². The maximum absolute atomic E-state index is 11.4. The molecule has 0 aliphatic carbocycles. The normalized spacial score (nSPS) is 17.1. The lowest BCUT2D eigenvalue weighted by Crippen LogP contribution is -2.42. The number of hydrogen-bond donors (Lipinski definition) is 1. The Balaban J connectivity index is 2.73. The van der Waals surface area contributed by atoms with Crippen molar-refractivity contribution in [2.75, 3.05) is 18.4 Å². The molecule has 15 heavy (non-hydrogen) atoms. The summed E-state index contributed by atoms with van der Waals surface area (Å²) in [6.07, 6.45) is 1.90. The van der Waals surface area contributed by atoms with Gasteiger partial charge in [-0.1, -0.05) is 29.8 Å². The molecule has 1 rings (SSSR count). The second-order valence-corrected chi connectivity index (χ2v) is 4.54. The van der Waals surface area contributed by atoms with Crippen LogP contribution in [-0.4, -0.2) is 35.3 Å². The van der Waals surface area contributed by atoms with Gasteiger partial charge in [0.05, 0.1) is 6.54 Å². The Bertz CT molecular complexity index is 240. The van der Waals surface area contributed by atoms with Gasteiger partial charge in [-0.3, -0.25) is 9.69 Å². The van der Waals surface area contributed by atoms with Crippen LogP contribution in [0.4, 0.5) is 4.79 Å². The van der Waals surface area contributed by atoms with E-state index in [2.05, 4.69) is 35.1 Å². The summed E-state index contributed by atoms with van der Waals surface area (Å²) in [6.45, 7) is 4.83. The van der Waals surface area contributed by atoms with Crippen LogP contribution in [0.1, 0.15) is 26.7 Å². The van der Waals surface area contributed by atoms with Gasteiger partial charge in [0.1, 0.15) is 0 Å². The molecule has 1 aliphatic rings. The van der Waals surface area contributed by atoms with Crippen molar-refractivity contribution in [3.05, 3.63) is 0 Å². The summed E-state index contributed by atoms with van der Waals surface area (Å²) in [5.41, 5.74) is 0.0112. The second kappa shape index (κ2) is 4.96. The van der Waals surface area contributed by atoms with Gasteiger partial charge < -0.3 is 5.32 Å². The Morgan fingerprint density at radius 3 is 2.33 bits per heavy atom. The van der Waals surface area contributed by atoms with Gasteiger partial charge in [0, 0.05) is 11.9 Å². The minimum Gasteiger partial charge on any atom is -0.329 e. The van der Waals surface area contributed by atoms with Crippen LogP contribution in [0.25, 0.3) is 0 Å². The number of hydrogen-bond acceptors (Lipinski definition) is 2. The maximum atomic E-state index is 11.4. The van der Waals surface area contributed by atoms with Crippen molar-refractivity contribution < 1.29 is 9.59 Å². The quantitative estimate of drug-likeness (QED) is 0.614. The van der Waals surface area contributed by atoms with Crippen molar-refractivity contribution in [1.29, 1.82) is 0 Å². The SMILES string of the molecule is CCC(CC)(CBr)CN1C(=O)CNC1=O. The van der Waals surface area contributed by atoms with Crippen LogP contribution in [0.15, 0.2) is 0 Å². The highest BCUT2D eigenvalue weighted by Gasteiger charge is 2.36. The highest BCUT2D eigenvalue weighted by molar-refractivity contribution is 9.09. The molecule has 3 amide bonds. The average molecular weight is 277 g/mol. The molecule has 1 saturated heterocycles. The first-order valence-electron chi connectivity index (χ1n) is 5.22. The van der Waals surface area contributed by atoms with Gasteiger partial charge in [-0.05, 0) is 18.3 Å². The molecule has 1 fully saturated rings. The zero-order valence-corrected chi connectivity index (χ0v) is 10.8. The van der Waals surface area contributed by atoms with Crippen LogP contribution in [0.2, 0.25) is 0 Å². The third-order valence-corrected chi connectivity index (χ3v) is 4.40. The fraction of sp³-hybridized carbons (Fsp3) is 0.800.